The molecular weight excluding hydrogens is 532 g/mol. The number of carbonyl (C=O) groups is 1. The molecule has 0 bridgehead atoms. The van der Waals surface area contributed by atoms with Gasteiger partial charge in [-0.3, -0.25) is 0 Å². The molecule has 0 spiro atoms. The first-order chi connectivity index (χ1) is 20.0. The average molecular weight is 591 g/mol. The van der Waals surface area contributed by atoms with Gasteiger partial charge >= 0.3 is 5.97 Å². The third kappa shape index (κ3) is 4.66. The lowest BCUT2D eigenvalue weighted by atomic mass is 9.32. The summed E-state index contributed by atoms with van der Waals surface area (Å²) in [6.45, 7) is 19.4. The van der Waals surface area contributed by atoms with Crippen molar-refractivity contribution in [3.63, 3.8) is 0 Å². The number of benzene rings is 1. The van der Waals surface area contributed by atoms with Gasteiger partial charge in [0.2, 0.25) is 0 Å². The van der Waals surface area contributed by atoms with Gasteiger partial charge in [0.25, 0.3) is 0 Å². The summed E-state index contributed by atoms with van der Waals surface area (Å²) >= 11 is 0. The van der Waals surface area contributed by atoms with E-state index in [-0.39, 0.29) is 28.7 Å². The first-order valence-electron chi connectivity index (χ1n) is 17.4. The minimum absolute atomic E-state index is 0.0831. The molecule has 1 aromatic carbocycles. The molecule has 43 heavy (non-hydrogen) atoms. The van der Waals surface area contributed by atoms with Gasteiger partial charge in [0.05, 0.1) is 5.60 Å². The number of fused-ring (bicyclic) bond motifs is 7. The minimum atomic E-state index is -0.610. The number of ether oxygens (including phenoxy) is 1. The van der Waals surface area contributed by atoms with Crippen LogP contribution in [0.5, 0.6) is 5.75 Å². The molecule has 5 fully saturated rings. The number of rotatable bonds is 4. The monoisotopic (exact) mass is 590 g/mol. The molecule has 0 saturated heterocycles. The first-order valence-corrected chi connectivity index (χ1v) is 17.4. The fourth-order valence-electron chi connectivity index (χ4n) is 12.8. The first kappa shape index (κ1) is 31.2. The van der Waals surface area contributed by atoms with Crippen LogP contribution >= 0.6 is 0 Å². The molecule has 2 N–H and O–H groups in total. The van der Waals surface area contributed by atoms with E-state index in [9.17, 15) is 15.0 Å². The van der Waals surface area contributed by atoms with Crippen LogP contribution in [0, 0.1) is 56.7 Å². The van der Waals surface area contributed by atoms with Crippen LogP contribution in [0.4, 0.5) is 0 Å². The van der Waals surface area contributed by atoms with Crippen molar-refractivity contribution in [2.45, 2.75) is 131 Å². The zero-order chi connectivity index (χ0) is 31.2. The molecule has 238 valence electrons. The summed E-state index contributed by atoms with van der Waals surface area (Å²) < 4.78 is 6.22. The normalized spacial score (nSPS) is 45.5. The van der Waals surface area contributed by atoms with Gasteiger partial charge in [-0.05, 0) is 153 Å². The lowest BCUT2D eigenvalue weighted by Crippen LogP contribution is -2.67. The average Bonchev–Trinajstić information content (AvgIpc) is 3.29. The van der Waals surface area contributed by atoms with Crippen LogP contribution in [-0.4, -0.2) is 27.9 Å². The zero-order valence-electron chi connectivity index (χ0n) is 28.2. The summed E-state index contributed by atoms with van der Waals surface area (Å²) in [7, 11) is 0. The van der Waals surface area contributed by atoms with E-state index in [0.29, 0.717) is 45.8 Å². The second kappa shape index (κ2) is 10.1. The highest BCUT2D eigenvalue weighted by molar-refractivity contribution is 5.87. The Hall–Kier alpha value is -1.81. The van der Waals surface area contributed by atoms with E-state index in [1.165, 1.54) is 57.4 Å². The Morgan fingerprint density at radius 2 is 1.53 bits per heavy atom. The maximum atomic E-state index is 13.0. The summed E-state index contributed by atoms with van der Waals surface area (Å²) in [5, 5.41) is 20.9. The Morgan fingerprint density at radius 3 is 2.21 bits per heavy atom. The molecule has 6 rings (SSSR count). The Kier molecular flexibility index (Phi) is 7.32. The van der Waals surface area contributed by atoms with E-state index < -0.39 is 5.60 Å². The highest BCUT2D eigenvalue weighted by Crippen LogP contribution is 2.77. The van der Waals surface area contributed by atoms with Crippen molar-refractivity contribution in [2.75, 3.05) is 0 Å². The molecule has 10 atom stereocenters. The molecule has 4 nitrogen and oxygen atoms in total. The maximum Gasteiger partial charge on any atom is 0.331 e. The highest BCUT2D eigenvalue weighted by atomic mass is 16.5. The number of aromatic hydroxyl groups is 1. The highest BCUT2D eigenvalue weighted by Gasteiger charge is 2.71. The fourth-order valence-corrected chi connectivity index (χ4v) is 12.8. The molecule has 5 saturated carbocycles. The van der Waals surface area contributed by atoms with Gasteiger partial charge in [-0.25, -0.2) is 4.79 Å². The molecule has 5 aliphatic carbocycles. The quantitative estimate of drug-likeness (QED) is 0.271. The van der Waals surface area contributed by atoms with Gasteiger partial charge < -0.3 is 14.9 Å². The summed E-state index contributed by atoms with van der Waals surface area (Å²) in [4.78, 5) is 13.0. The molecule has 0 aliphatic heterocycles. The number of hydrogen-bond donors (Lipinski definition) is 2. The number of esters is 1. The molecular formula is C39H58O4. The van der Waals surface area contributed by atoms with Gasteiger partial charge in [0, 0.05) is 11.5 Å². The molecule has 0 amide bonds. The zero-order valence-corrected chi connectivity index (χ0v) is 28.2. The minimum Gasteiger partial charge on any atom is -0.508 e. The van der Waals surface area contributed by atoms with E-state index in [4.69, 9.17) is 4.74 Å². The van der Waals surface area contributed by atoms with Crippen molar-refractivity contribution in [1.82, 2.24) is 0 Å². The van der Waals surface area contributed by atoms with Crippen molar-refractivity contribution in [2.24, 2.45) is 56.7 Å². The molecule has 0 aromatic heterocycles. The number of hydrogen-bond acceptors (Lipinski definition) is 4. The van der Waals surface area contributed by atoms with Gasteiger partial charge in [0.15, 0.2) is 0 Å². The molecule has 0 unspecified atom stereocenters. The van der Waals surface area contributed by atoms with E-state index in [1.54, 1.807) is 30.3 Å². The van der Waals surface area contributed by atoms with E-state index in [0.717, 1.165) is 18.4 Å². The van der Waals surface area contributed by atoms with Crippen molar-refractivity contribution < 1.29 is 19.7 Å². The Balaban J connectivity index is 1.23. The van der Waals surface area contributed by atoms with Crippen molar-refractivity contribution in [1.29, 1.82) is 0 Å². The van der Waals surface area contributed by atoms with E-state index >= 15 is 0 Å². The SMILES string of the molecule is CC(C)(O)[C@@H]1CC[C@]2(C)CC[C@]3(C)[C@H](CC[C@@H]4[C@@]5(C)CC[C@H](OC(=O)/C=C\c6ccc(O)cc6)C(C)(C)[C@@H]5CC[C@]43C)[C@@H]12. The van der Waals surface area contributed by atoms with Crippen LogP contribution in [-0.2, 0) is 9.53 Å². The van der Waals surface area contributed by atoms with E-state index in [1.807, 2.05) is 0 Å². The van der Waals surface area contributed by atoms with E-state index in [2.05, 4.69) is 55.4 Å². The summed E-state index contributed by atoms with van der Waals surface area (Å²) in [6.07, 6.45) is 15.4. The smallest absolute Gasteiger partial charge is 0.331 e. The number of phenols is 1. The predicted octanol–water partition coefficient (Wildman–Crippen LogP) is 9.19. The second-order valence-electron chi connectivity index (χ2n) is 17.9. The standard InChI is InChI=1S/C39H58O4/c1-34(2)29-18-22-39(8)30(15-14-28-33-27(35(3,4)42)17-20-36(33,5)23-24-38(28,39)7)37(29,6)21-19-31(34)43-32(41)16-11-25-9-12-26(40)13-10-25/h9-13,16,27-31,33,40,42H,14-15,17-24H2,1-8H3/b16-11-/t27-,28-,29+,30-,31+,33-,36-,37+,38-,39-/m1/s1. The van der Waals surface area contributed by atoms with Gasteiger partial charge in [0.1, 0.15) is 11.9 Å². The third-order valence-corrected chi connectivity index (χ3v) is 15.3. The van der Waals surface area contributed by atoms with Crippen LogP contribution in [0.3, 0.4) is 0 Å². The molecule has 0 radical (unpaired) electrons. The van der Waals surface area contributed by atoms with Crippen molar-refractivity contribution in [3.05, 3.63) is 35.9 Å². The van der Waals surface area contributed by atoms with Gasteiger partial charge in [-0.15, -0.1) is 0 Å². The Bertz CT molecular complexity index is 1260. The fraction of sp³-hybridized carbons (Fsp3) is 0.769. The van der Waals surface area contributed by atoms with Gasteiger partial charge in [-0.2, -0.15) is 0 Å². The van der Waals surface area contributed by atoms with Crippen LogP contribution in [0.25, 0.3) is 6.08 Å². The van der Waals surface area contributed by atoms with Crippen LogP contribution in [0.1, 0.15) is 125 Å². The molecule has 5 aliphatic rings. The summed E-state index contributed by atoms with van der Waals surface area (Å²) in [6, 6.07) is 6.86. The van der Waals surface area contributed by atoms with Crippen molar-refractivity contribution in [3.8, 4) is 5.75 Å². The van der Waals surface area contributed by atoms with Gasteiger partial charge in [-0.1, -0.05) is 53.7 Å². The van der Waals surface area contributed by atoms with Crippen LogP contribution < -0.4 is 0 Å². The molecule has 1 aromatic rings. The van der Waals surface area contributed by atoms with Crippen molar-refractivity contribution >= 4 is 12.0 Å². The van der Waals surface area contributed by atoms with Crippen LogP contribution in [0.15, 0.2) is 30.3 Å². The second-order valence-corrected chi connectivity index (χ2v) is 17.9. The molecule has 4 heteroatoms. The van der Waals surface area contributed by atoms with Crippen LogP contribution in [0.2, 0.25) is 0 Å². The Labute approximate surface area is 261 Å². The summed E-state index contributed by atoms with van der Waals surface area (Å²) in [5.74, 6) is 2.87. The largest absolute Gasteiger partial charge is 0.508 e. The maximum absolute atomic E-state index is 13.0. The number of aliphatic hydroxyl groups is 1. The lowest BCUT2D eigenvalue weighted by Gasteiger charge is -2.73. The third-order valence-electron chi connectivity index (χ3n) is 15.3. The Morgan fingerprint density at radius 1 is 0.837 bits per heavy atom. The lowest BCUT2D eigenvalue weighted by molar-refractivity contribution is -0.252. The topological polar surface area (TPSA) is 66.8 Å². The molecule has 0 heterocycles. The number of phenolic OH excluding ortho intramolecular Hbond substituents is 1. The predicted molar refractivity (Wildman–Crippen MR) is 173 cm³/mol. The number of carbonyl (C=O) groups excluding carboxylic acids is 1. The summed E-state index contributed by atoms with van der Waals surface area (Å²) in [5.41, 5.74) is 1.38.